The predicted octanol–water partition coefficient (Wildman–Crippen LogP) is 2.35. The van der Waals surface area contributed by atoms with Gasteiger partial charge in [-0.05, 0) is 24.6 Å². The highest BCUT2D eigenvalue weighted by Gasteiger charge is 2.05. The molecule has 1 aromatic rings. The largest absolute Gasteiger partial charge is 0.497 e. The Hall–Kier alpha value is -1.28. The molecule has 0 spiro atoms. The molecule has 0 fully saturated rings. The number of aliphatic hydroxyl groups excluding tert-OH is 1. The second-order valence-electron chi connectivity index (χ2n) is 3.09. The quantitative estimate of drug-likeness (QED) is 0.742. The molecule has 1 rings (SSSR count). The molecule has 0 heterocycles. The molecular weight excluding hydrogens is 176 g/mol. The highest BCUT2D eigenvalue weighted by Crippen LogP contribution is 2.20. The summed E-state index contributed by atoms with van der Waals surface area (Å²) >= 11 is 0. The molecule has 0 unspecified atom stereocenters. The van der Waals surface area contributed by atoms with Gasteiger partial charge in [-0.15, -0.1) is 0 Å². The first kappa shape index (κ1) is 10.8. The van der Waals surface area contributed by atoms with Crippen LogP contribution >= 0.6 is 0 Å². The molecule has 2 heteroatoms. The molecule has 0 amide bonds. The molecule has 0 saturated carbocycles. The van der Waals surface area contributed by atoms with Gasteiger partial charge >= 0.3 is 0 Å². The first-order valence-electron chi connectivity index (χ1n) is 4.69. The van der Waals surface area contributed by atoms with Crippen molar-refractivity contribution in [3.8, 4) is 5.75 Å². The third-order valence-corrected chi connectivity index (χ3v) is 2.17. The van der Waals surface area contributed by atoms with Gasteiger partial charge in [-0.2, -0.15) is 0 Å². The van der Waals surface area contributed by atoms with E-state index in [-0.39, 0.29) is 12.5 Å². The van der Waals surface area contributed by atoms with Crippen molar-refractivity contribution in [1.82, 2.24) is 0 Å². The zero-order valence-electron chi connectivity index (χ0n) is 8.60. The van der Waals surface area contributed by atoms with E-state index in [4.69, 9.17) is 9.84 Å². The van der Waals surface area contributed by atoms with Gasteiger partial charge in [-0.1, -0.05) is 24.3 Å². The van der Waals surface area contributed by atoms with Crippen LogP contribution in [-0.4, -0.2) is 18.8 Å². The van der Waals surface area contributed by atoms with Gasteiger partial charge in [0.25, 0.3) is 0 Å². The molecule has 0 saturated heterocycles. The maximum atomic E-state index is 9.15. The molecule has 2 nitrogen and oxygen atoms in total. The molecule has 0 bridgehead atoms. The summed E-state index contributed by atoms with van der Waals surface area (Å²) in [6, 6.07) is 7.75. The SMILES string of the molecule is C/C=C\[C@H](CO)c1ccc(OC)cc1. The molecule has 0 aromatic heterocycles. The second-order valence-corrected chi connectivity index (χ2v) is 3.09. The Kier molecular flexibility index (Phi) is 4.20. The Morgan fingerprint density at radius 3 is 2.43 bits per heavy atom. The average Bonchev–Trinajstić information content (AvgIpc) is 2.26. The highest BCUT2D eigenvalue weighted by atomic mass is 16.5. The summed E-state index contributed by atoms with van der Waals surface area (Å²) in [5, 5.41) is 9.15. The zero-order valence-corrected chi connectivity index (χ0v) is 8.60. The Labute approximate surface area is 84.8 Å². The lowest BCUT2D eigenvalue weighted by Gasteiger charge is -2.10. The van der Waals surface area contributed by atoms with Crippen LogP contribution in [0.2, 0.25) is 0 Å². The average molecular weight is 192 g/mol. The summed E-state index contributed by atoms with van der Waals surface area (Å²) in [5.41, 5.74) is 1.10. The highest BCUT2D eigenvalue weighted by molar-refractivity contribution is 5.31. The fourth-order valence-corrected chi connectivity index (χ4v) is 1.36. The van der Waals surface area contributed by atoms with E-state index in [0.717, 1.165) is 11.3 Å². The lowest BCUT2D eigenvalue weighted by atomic mass is 9.99. The van der Waals surface area contributed by atoms with Gasteiger partial charge in [0.1, 0.15) is 5.75 Å². The van der Waals surface area contributed by atoms with Crippen molar-refractivity contribution in [2.24, 2.45) is 0 Å². The molecule has 0 radical (unpaired) electrons. The zero-order chi connectivity index (χ0) is 10.4. The Morgan fingerprint density at radius 1 is 1.36 bits per heavy atom. The van der Waals surface area contributed by atoms with E-state index < -0.39 is 0 Å². The molecule has 1 N–H and O–H groups in total. The van der Waals surface area contributed by atoms with Gasteiger partial charge in [0.05, 0.1) is 13.7 Å². The molecular formula is C12H16O2. The fraction of sp³-hybridized carbons (Fsp3) is 0.333. The lowest BCUT2D eigenvalue weighted by Crippen LogP contribution is -2.00. The molecule has 0 aliphatic heterocycles. The maximum Gasteiger partial charge on any atom is 0.118 e. The Balaban J connectivity index is 2.83. The smallest absolute Gasteiger partial charge is 0.118 e. The van der Waals surface area contributed by atoms with Crippen LogP contribution < -0.4 is 4.74 Å². The first-order chi connectivity index (χ1) is 6.81. The number of ether oxygens (including phenoxy) is 1. The number of allylic oxidation sites excluding steroid dienone is 1. The van der Waals surface area contributed by atoms with E-state index in [1.54, 1.807) is 7.11 Å². The Bertz CT molecular complexity index is 288. The van der Waals surface area contributed by atoms with Crippen LogP contribution in [0.25, 0.3) is 0 Å². The maximum absolute atomic E-state index is 9.15. The van der Waals surface area contributed by atoms with Crippen LogP contribution in [-0.2, 0) is 0 Å². The summed E-state index contributed by atoms with van der Waals surface area (Å²) in [7, 11) is 1.64. The molecule has 0 aliphatic rings. The summed E-state index contributed by atoms with van der Waals surface area (Å²) in [6.45, 7) is 2.09. The van der Waals surface area contributed by atoms with Crippen LogP contribution in [0.4, 0.5) is 0 Å². The van der Waals surface area contributed by atoms with Crippen molar-refractivity contribution in [2.75, 3.05) is 13.7 Å². The fourth-order valence-electron chi connectivity index (χ4n) is 1.36. The number of aliphatic hydroxyl groups is 1. The van der Waals surface area contributed by atoms with Crippen molar-refractivity contribution in [3.63, 3.8) is 0 Å². The third-order valence-electron chi connectivity index (χ3n) is 2.17. The number of rotatable bonds is 4. The summed E-state index contributed by atoms with van der Waals surface area (Å²) in [6.07, 6.45) is 3.94. The van der Waals surface area contributed by atoms with Crippen molar-refractivity contribution in [1.29, 1.82) is 0 Å². The van der Waals surface area contributed by atoms with E-state index in [1.807, 2.05) is 43.3 Å². The topological polar surface area (TPSA) is 29.5 Å². The van der Waals surface area contributed by atoms with Crippen LogP contribution in [0.5, 0.6) is 5.75 Å². The summed E-state index contributed by atoms with van der Waals surface area (Å²) < 4.78 is 5.06. The first-order valence-corrected chi connectivity index (χ1v) is 4.69. The van der Waals surface area contributed by atoms with Gasteiger partial charge in [-0.3, -0.25) is 0 Å². The summed E-state index contributed by atoms with van der Waals surface area (Å²) in [5.74, 6) is 0.928. The van der Waals surface area contributed by atoms with Crippen LogP contribution in [0.15, 0.2) is 36.4 Å². The van der Waals surface area contributed by atoms with E-state index in [0.29, 0.717) is 0 Å². The molecule has 76 valence electrons. The van der Waals surface area contributed by atoms with Crippen LogP contribution in [0.1, 0.15) is 18.4 Å². The van der Waals surface area contributed by atoms with Gasteiger partial charge in [0.15, 0.2) is 0 Å². The minimum atomic E-state index is 0.0888. The van der Waals surface area contributed by atoms with E-state index in [1.165, 1.54) is 0 Å². The van der Waals surface area contributed by atoms with Crippen LogP contribution in [0.3, 0.4) is 0 Å². The third kappa shape index (κ3) is 2.60. The monoisotopic (exact) mass is 192 g/mol. The lowest BCUT2D eigenvalue weighted by molar-refractivity contribution is 0.283. The van der Waals surface area contributed by atoms with Crippen LogP contribution in [0, 0.1) is 0 Å². The van der Waals surface area contributed by atoms with Gasteiger partial charge in [0.2, 0.25) is 0 Å². The van der Waals surface area contributed by atoms with Crippen molar-refractivity contribution in [3.05, 3.63) is 42.0 Å². The molecule has 1 aromatic carbocycles. The predicted molar refractivity (Wildman–Crippen MR) is 57.6 cm³/mol. The van der Waals surface area contributed by atoms with Crippen molar-refractivity contribution in [2.45, 2.75) is 12.8 Å². The van der Waals surface area contributed by atoms with Crippen molar-refractivity contribution >= 4 is 0 Å². The van der Waals surface area contributed by atoms with E-state index in [9.17, 15) is 0 Å². The normalized spacial score (nSPS) is 13.1. The van der Waals surface area contributed by atoms with Crippen molar-refractivity contribution < 1.29 is 9.84 Å². The summed E-state index contributed by atoms with van der Waals surface area (Å²) in [4.78, 5) is 0. The molecule has 14 heavy (non-hydrogen) atoms. The number of hydrogen-bond donors (Lipinski definition) is 1. The Morgan fingerprint density at radius 2 is 2.00 bits per heavy atom. The number of benzene rings is 1. The van der Waals surface area contributed by atoms with Gasteiger partial charge < -0.3 is 9.84 Å². The van der Waals surface area contributed by atoms with Gasteiger partial charge in [0, 0.05) is 5.92 Å². The minimum Gasteiger partial charge on any atom is -0.497 e. The van der Waals surface area contributed by atoms with E-state index >= 15 is 0 Å². The number of hydrogen-bond acceptors (Lipinski definition) is 2. The minimum absolute atomic E-state index is 0.0888. The van der Waals surface area contributed by atoms with E-state index in [2.05, 4.69) is 0 Å². The standard InChI is InChI=1S/C12H16O2/c1-3-4-11(9-13)10-5-7-12(14-2)8-6-10/h3-8,11,13H,9H2,1-2H3/b4-3-/t11-/m1/s1. The molecule has 0 aliphatic carbocycles. The van der Waals surface area contributed by atoms with Gasteiger partial charge in [-0.25, -0.2) is 0 Å². The number of methoxy groups -OCH3 is 1. The second kappa shape index (κ2) is 5.45. The molecule has 1 atom stereocenters.